The van der Waals surface area contributed by atoms with Gasteiger partial charge in [0, 0.05) is 12.1 Å². The number of carbonyl (C=O) groups excluding carboxylic acids is 2. The quantitative estimate of drug-likeness (QED) is 0.761. The van der Waals surface area contributed by atoms with E-state index in [-0.39, 0.29) is 11.8 Å². The predicted molar refractivity (Wildman–Crippen MR) is 102 cm³/mol. The molecule has 1 aliphatic heterocycles. The summed E-state index contributed by atoms with van der Waals surface area (Å²) in [5, 5.41) is 10.6. The normalized spacial score (nSPS) is 16.1. The molecule has 6 heteroatoms. The first-order valence-electron chi connectivity index (χ1n) is 9.47. The average Bonchev–Trinajstić information content (AvgIpc) is 2.60. The minimum atomic E-state index is -0.167. The van der Waals surface area contributed by atoms with Crippen molar-refractivity contribution >= 4 is 11.8 Å². The van der Waals surface area contributed by atoms with Crippen LogP contribution in [0.15, 0.2) is 28.4 Å². The molecule has 1 aromatic rings. The molecule has 0 bridgehead atoms. The number of rotatable bonds is 7. The highest BCUT2D eigenvalue weighted by Crippen LogP contribution is 2.17. The van der Waals surface area contributed by atoms with Crippen LogP contribution in [-0.2, 0) is 4.79 Å². The summed E-state index contributed by atoms with van der Waals surface area (Å²) in [5.74, 6) is 0.281. The molecule has 0 unspecified atom stereocenters. The molecule has 1 N–H and O–H groups in total. The Balaban J connectivity index is 1.71. The van der Waals surface area contributed by atoms with E-state index >= 15 is 0 Å². The number of nitrogens with one attached hydrogen (secondary N) is 1. The number of azo groups is 1. The van der Waals surface area contributed by atoms with E-state index < -0.39 is 0 Å². The van der Waals surface area contributed by atoms with Crippen LogP contribution in [0.1, 0.15) is 47.7 Å². The Kier molecular flexibility index (Phi) is 7.91. The Bertz CT molecular complexity index is 629. The number of carbonyl (C=O) groups is 2. The Hall–Kier alpha value is -2.08. The third kappa shape index (κ3) is 6.67. The van der Waals surface area contributed by atoms with E-state index in [9.17, 15) is 9.59 Å². The standard InChI is InChI=1S/C20H30N4O2/c1-4-7-22-23-19(25)14-24-8-5-17(6-9-24)13-21-20(26)18-11-15(2)10-16(3)12-18/h10-12,17H,4-9,13-14H2,1-3H3,(H,21,26). The largest absolute Gasteiger partial charge is 0.352 e. The van der Waals surface area contributed by atoms with Crippen LogP contribution < -0.4 is 5.32 Å². The first-order chi connectivity index (χ1) is 12.5. The van der Waals surface area contributed by atoms with Gasteiger partial charge in [-0.25, -0.2) is 0 Å². The van der Waals surface area contributed by atoms with Gasteiger partial charge in [0.15, 0.2) is 0 Å². The number of piperidine rings is 1. The van der Waals surface area contributed by atoms with E-state index in [1.54, 1.807) is 0 Å². The summed E-state index contributed by atoms with van der Waals surface area (Å²) >= 11 is 0. The summed E-state index contributed by atoms with van der Waals surface area (Å²) in [4.78, 5) is 26.2. The fourth-order valence-electron chi connectivity index (χ4n) is 3.25. The number of hydrogen-bond donors (Lipinski definition) is 1. The van der Waals surface area contributed by atoms with Crippen molar-refractivity contribution in [2.75, 3.05) is 32.7 Å². The van der Waals surface area contributed by atoms with E-state index in [0.717, 1.165) is 49.0 Å². The van der Waals surface area contributed by atoms with Crippen LogP contribution in [-0.4, -0.2) is 49.4 Å². The summed E-state index contributed by atoms with van der Waals surface area (Å²) in [6.45, 7) is 9.36. The molecule has 6 nitrogen and oxygen atoms in total. The highest BCUT2D eigenvalue weighted by Gasteiger charge is 2.21. The molecular formula is C20H30N4O2. The van der Waals surface area contributed by atoms with E-state index in [4.69, 9.17) is 0 Å². The lowest BCUT2D eigenvalue weighted by Gasteiger charge is -2.30. The number of aryl methyl sites for hydroxylation is 2. The molecule has 26 heavy (non-hydrogen) atoms. The van der Waals surface area contributed by atoms with E-state index in [1.165, 1.54) is 0 Å². The molecule has 2 amide bonds. The molecule has 1 fully saturated rings. The van der Waals surface area contributed by atoms with Gasteiger partial charge in [0.25, 0.3) is 11.8 Å². The Morgan fingerprint density at radius 3 is 2.42 bits per heavy atom. The molecule has 0 spiro atoms. The monoisotopic (exact) mass is 358 g/mol. The van der Waals surface area contributed by atoms with Gasteiger partial charge in [-0.1, -0.05) is 24.1 Å². The second-order valence-electron chi connectivity index (χ2n) is 7.16. The maximum Gasteiger partial charge on any atom is 0.278 e. The zero-order chi connectivity index (χ0) is 18.9. The van der Waals surface area contributed by atoms with Crippen LogP contribution >= 0.6 is 0 Å². The van der Waals surface area contributed by atoms with Gasteiger partial charge in [-0.05, 0) is 64.3 Å². The molecule has 1 saturated heterocycles. The molecule has 142 valence electrons. The highest BCUT2D eigenvalue weighted by atomic mass is 16.2. The number of nitrogens with zero attached hydrogens (tertiary/aromatic N) is 3. The minimum Gasteiger partial charge on any atom is -0.352 e. The fourth-order valence-corrected chi connectivity index (χ4v) is 3.25. The SMILES string of the molecule is CCCN=NC(=O)CN1CCC(CNC(=O)c2cc(C)cc(C)c2)CC1. The van der Waals surface area contributed by atoms with Gasteiger partial charge in [0.05, 0.1) is 13.1 Å². The second kappa shape index (κ2) is 10.2. The number of likely N-dealkylation sites (tertiary alicyclic amines) is 1. The zero-order valence-corrected chi connectivity index (χ0v) is 16.1. The van der Waals surface area contributed by atoms with Gasteiger partial charge < -0.3 is 5.32 Å². The van der Waals surface area contributed by atoms with Crippen LogP contribution in [0, 0.1) is 19.8 Å². The average molecular weight is 358 g/mol. The second-order valence-corrected chi connectivity index (χ2v) is 7.16. The van der Waals surface area contributed by atoms with Crippen LogP contribution in [0.5, 0.6) is 0 Å². The number of hydrogen-bond acceptors (Lipinski definition) is 4. The summed E-state index contributed by atoms with van der Waals surface area (Å²) in [6, 6.07) is 5.91. The third-order valence-corrected chi connectivity index (χ3v) is 4.61. The van der Waals surface area contributed by atoms with Crippen molar-refractivity contribution in [3.05, 3.63) is 34.9 Å². The van der Waals surface area contributed by atoms with Crippen LogP contribution in [0.2, 0.25) is 0 Å². The van der Waals surface area contributed by atoms with Gasteiger partial charge in [0.2, 0.25) is 0 Å². The van der Waals surface area contributed by atoms with Gasteiger partial charge >= 0.3 is 0 Å². The maximum atomic E-state index is 12.3. The first kappa shape index (κ1) is 20.2. The minimum absolute atomic E-state index is 0.00857. The Morgan fingerprint density at radius 2 is 1.81 bits per heavy atom. The molecule has 1 aromatic carbocycles. The van der Waals surface area contributed by atoms with E-state index in [2.05, 4.69) is 26.5 Å². The number of benzene rings is 1. The maximum absolute atomic E-state index is 12.3. The van der Waals surface area contributed by atoms with Crippen LogP contribution in [0.4, 0.5) is 0 Å². The smallest absolute Gasteiger partial charge is 0.278 e. The molecule has 0 aromatic heterocycles. The zero-order valence-electron chi connectivity index (χ0n) is 16.1. The van der Waals surface area contributed by atoms with Crippen molar-refractivity contribution in [3.8, 4) is 0 Å². The Morgan fingerprint density at radius 1 is 1.15 bits per heavy atom. The molecule has 2 rings (SSSR count). The molecule has 0 saturated carbocycles. The van der Waals surface area contributed by atoms with Gasteiger partial charge in [-0.15, -0.1) is 5.11 Å². The van der Waals surface area contributed by atoms with Gasteiger partial charge in [0.1, 0.15) is 0 Å². The van der Waals surface area contributed by atoms with Crippen LogP contribution in [0.25, 0.3) is 0 Å². The summed E-state index contributed by atoms with van der Waals surface area (Å²) in [5.41, 5.74) is 2.93. The molecule has 1 heterocycles. The lowest BCUT2D eigenvalue weighted by atomic mass is 9.96. The molecular weight excluding hydrogens is 328 g/mol. The predicted octanol–water partition coefficient (Wildman–Crippen LogP) is 3.13. The van der Waals surface area contributed by atoms with E-state index in [0.29, 0.717) is 25.6 Å². The topological polar surface area (TPSA) is 74.1 Å². The summed E-state index contributed by atoms with van der Waals surface area (Å²) in [7, 11) is 0. The van der Waals surface area contributed by atoms with Crippen molar-refractivity contribution in [2.24, 2.45) is 16.1 Å². The van der Waals surface area contributed by atoms with Gasteiger partial charge in [-0.3, -0.25) is 14.5 Å². The van der Waals surface area contributed by atoms with Crippen molar-refractivity contribution < 1.29 is 9.59 Å². The van der Waals surface area contributed by atoms with Crippen molar-refractivity contribution in [3.63, 3.8) is 0 Å². The summed E-state index contributed by atoms with van der Waals surface area (Å²) in [6.07, 6.45) is 2.86. The van der Waals surface area contributed by atoms with E-state index in [1.807, 2.05) is 32.9 Å². The van der Waals surface area contributed by atoms with Crippen molar-refractivity contribution in [1.29, 1.82) is 0 Å². The van der Waals surface area contributed by atoms with Gasteiger partial charge in [-0.2, -0.15) is 5.11 Å². The van der Waals surface area contributed by atoms with Crippen LogP contribution in [0.3, 0.4) is 0 Å². The molecule has 0 aliphatic carbocycles. The molecule has 0 atom stereocenters. The molecule has 0 radical (unpaired) electrons. The Labute approximate surface area is 156 Å². The molecule has 1 aliphatic rings. The summed E-state index contributed by atoms with van der Waals surface area (Å²) < 4.78 is 0. The number of amides is 2. The fraction of sp³-hybridized carbons (Fsp3) is 0.600. The highest BCUT2D eigenvalue weighted by molar-refractivity contribution is 5.94. The lowest BCUT2D eigenvalue weighted by Crippen LogP contribution is -2.40. The lowest BCUT2D eigenvalue weighted by molar-refractivity contribution is -0.119. The van der Waals surface area contributed by atoms with Crippen molar-refractivity contribution in [1.82, 2.24) is 10.2 Å². The first-order valence-corrected chi connectivity index (χ1v) is 9.47. The third-order valence-electron chi connectivity index (χ3n) is 4.61. The van der Waals surface area contributed by atoms with Crippen molar-refractivity contribution in [2.45, 2.75) is 40.0 Å².